The van der Waals surface area contributed by atoms with Gasteiger partial charge in [0.1, 0.15) is 0 Å². The SMILES string of the molecule is O=C1/C=C\C(=O)Oc2ncccc2O1. The lowest BCUT2D eigenvalue weighted by molar-refractivity contribution is -0.133. The number of ether oxygens (including phenoxy) is 2. The van der Waals surface area contributed by atoms with E-state index in [1.165, 1.54) is 12.3 Å². The normalized spacial score (nSPS) is 17.1. The van der Waals surface area contributed by atoms with Crippen molar-refractivity contribution >= 4 is 11.9 Å². The van der Waals surface area contributed by atoms with E-state index in [-0.39, 0.29) is 11.6 Å². The number of rotatable bonds is 0. The number of carbonyl (C=O) groups is 2. The van der Waals surface area contributed by atoms with Gasteiger partial charge in [-0.1, -0.05) is 0 Å². The molecule has 1 aromatic heterocycles. The average Bonchev–Trinajstić information content (AvgIpc) is 2.16. The molecule has 2 rings (SSSR count). The zero-order valence-electron chi connectivity index (χ0n) is 6.97. The van der Waals surface area contributed by atoms with Crippen LogP contribution < -0.4 is 9.47 Å². The summed E-state index contributed by atoms with van der Waals surface area (Å²) in [6.07, 6.45) is 3.42. The predicted octanol–water partition coefficient (Wildman–Crippen LogP) is 0.462. The standard InChI is InChI=1S/C9H5NO4/c11-7-3-4-8(12)14-9-6(13-7)2-1-5-10-9/h1-5H/b4-3-. The molecule has 0 saturated heterocycles. The number of pyridine rings is 1. The largest absolute Gasteiger partial charge is 0.418 e. The van der Waals surface area contributed by atoms with Crippen molar-refractivity contribution in [2.45, 2.75) is 0 Å². The molecule has 0 amide bonds. The molecular formula is C9H5NO4. The molecule has 0 N–H and O–H groups in total. The molecule has 0 spiro atoms. The van der Waals surface area contributed by atoms with Gasteiger partial charge in [0.2, 0.25) is 0 Å². The minimum atomic E-state index is -0.651. The minimum absolute atomic E-state index is 0.00444. The summed E-state index contributed by atoms with van der Waals surface area (Å²) in [4.78, 5) is 25.7. The van der Waals surface area contributed by atoms with Crippen LogP contribution in [0, 0.1) is 0 Å². The third-order valence-corrected chi connectivity index (χ3v) is 1.50. The summed E-state index contributed by atoms with van der Waals surface area (Å²) in [5.41, 5.74) is 0. The van der Waals surface area contributed by atoms with Gasteiger partial charge in [0.25, 0.3) is 5.88 Å². The van der Waals surface area contributed by atoms with Gasteiger partial charge < -0.3 is 9.47 Å². The Morgan fingerprint density at radius 2 is 1.79 bits per heavy atom. The number of hydrogen-bond acceptors (Lipinski definition) is 5. The molecule has 0 fully saturated rings. The van der Waals surface area contributed by atoms with Crippen molar-refractivity contribution in [3.63, 3.8) is 0 Å². The fraction of sp³-hybridized carbons (Fsp3) is 0. The van der Waals surface area contributed by atoms with Gasteiger partial charge in [-0.3, -0.25) is 0 Å². The van der Waals surface area contributed by atoms with Crippen LogP contribution in [0.15, 0.2) is 30.5 Å². The van der Waals surface area contributed by atoms with Crippen molar-refractivity contribution in [2.75, 3.05) is 0 Å². The summed E-state index contributed by atoms with van der Waals surface area (Å²) in [5.74, 6) is -1.15. The minimum Gasteiger partial charge on any atom is -0.418 e. The van der Waals surface area contributed by atoms with Crippen LogP contribution in [0.2, 0.25) is 0 Å². The highest BCUT2D eigenvalue weighted by Crippen LogP contribution is 2.24. The van der Waals surface area contributed by atoms with Crippen LogP contribution in [0.25, 0.3) is 0 Å². The number of hydrogen-bond donors (Lipinski definition) is 0. The highest BCUT2D eigenvalue weighted by Gasteiger charge is 2.15. The van der Waals surface area contributed by atoms with Gasteiger partial charge in [-0.05, 0) is 12.1 Å². The van der Waals surface area contributed by atoms with E-state index in [2.05, 4.69) is 4.98 Å². The lowest BCUT2D eigenvalue weighted by Gasteiger charge is -2.08. The van der Waals surface area contributed by atoms with Crippen LogP contribution in [0.3, 0.4) is 0 Å². The van der Waals surface area contributed by atoms with Crippen LogP contribution in [0.5, 0.6) is 11.6 Å². The summed E-state index contributed by atoms with van der Waals surface area (Å²) < 4.78 is 9.59. The molecule has 0 unspecified atom stereocenters. The van der Waals surface area contributed by atoms with Crippen LogP contribution in [0.1, 0.15) is 0 Å². The first kappa shape index (κ1) is 8.43. The lowest BCUT2D eigenvalue weighted by Crippen LogP contribution is -2.14. The smallest absolute Gasteiger partial charge is 0.337 e. The number of esters is 2. The van der Waals surface area contributed by atoms with Gasteiger partial charge in [0.15, 0.2) is 5.75 Å². The van der Waals surface area contributed by atoms with E-state index in [0.29, 0.717) is 0 Å². The number of nitrogens with zero attached hydrogens (tertiary/aromatic N) is 1. The van der Waals surface area contributed by atoms with Crippen LogP contribution in [0.4, 0.5) is 0 Å². The van der Waals surface area contributed by atoms with Gasteiger partial charge >= 0.3 is 11.9 Å². The summed E-state index contributed by atoms with van der Waals surface area (Å²) in [6, 6.07) is 3.07. The summed E-state index contributed by atoms with van der Waals surface area (Å²) in [5, 5.41) is 0. The molecule has 0 bridgehead atoms. The lowest BCUT2D eigenvalue weighted by atomic mass is 10.4. The van der Waals surface area contributed by atoms with Gasteiger partial charge in [-0.2, -0.15) is 0 Å². The van der Waals surface area contributed by atoms with Crippen molar-refractivity contribution in [3.05, 3.63) is 30.5 Å². The molecule has 1 aliphatic rings. The molecule has 0 saturated carbocycles. The Morgan fingerprint density at radius 3 is 2.57 bits per heavy atom. The third kappa shape index (κ3) is 1.61. The molecule has 0 atom stereocenters. The van der Waals surface area contributed by atoms with E-state index in [9.17, 15) is 9.59 Å². The quantitative estimate of drug-likeness (QED) is 0.557. The number of carbonyl (C=O) groups excluding carboxylic acids is 2. The Hall–Kier alpha value is -2.17. The van der Waals surface area contributed by atoms with Crippen LogP contribution in [-0.4, -0.2) is 16.9 Å². The van der Waals surface area contributed by atoms with Gasteiger partial charge in [-0.25, -0.2) is 14.6 Å². The van der Waals surface area contributed by atoms with E-state index >= 15 is 0 Å². The number of fused-ring (bicyclic) bond motifs is 1. The molecule has 14 heavy (non-hydrogen) atoms. The highest BCUT2D eigenvalue weighted by molar-refractivity contribution is 5.94. The van der Waals surface area contributed by atoms with Crippen molar-refractivity contribution in [3.8, 4) is 11.6 Å². The molecule has 1 aliphatic heterocycles. The Kier molecular flexibility index (Phi) is 1.98. The Bertz CT molecular complexity index is 386. The Balaban J connectivity index is 2.44. The van der Waals surface area contributed by atoms with Crippen molar-refractivity contribution in [1.82, 2.24) is 4.98 Å². The Morgan fingerprint density at radius 1 is 1.07 bits per heavy atom. The molecule has 0 aliphatic carbocycles. The maximum absolute atomic E-state index is 11.0. The van der Waals surface area contributed by atoms with Crippen molar-refractivity contribution in [1.29, 1.82) is 0 Å². The molecule has 5 heteroatoms. The maximum Gasteiger partial charge on any atom is 0.337 e. The van der Waals surface area contributed by atoms with Gasteiger partial charge in [0.05, 0.1) is 0 Å². The average molecular weight is 191 g/mol. The fourth-order valence-corrected chi connectivity index (χ4v) is 0.938. The highest BCUT2D eigenvalue weighted by atomic mass is 16.6. The first-order valence-corrected chi connectivity index (χ1v) is 3.82. The molecule has 1 aromatic rings. The van der Waals surface area contributed by atoms with E-state index in [1.54, 1.807) is 6.07 Å². The van der Waals surface area contributed by atoms with E-state index in [4.69, 9.17) is 9.47 Å². The van der Waals surface area contributed by atoms with Gasteiger partial charge in [-0.15, -0.1) is 0 Å². The zero-order valence-corrected chi connectivity index (χ0v) is 6.97. The molecule has 5 nitrogen and oxygen atoms in total. The monoisotopic (exact) mass is 191 g/mol. The molecular weight excluding hydrogens is 186 g/mol. The zero-order chi connectivity index (χ0) is 9.97. The molecule has 0 aromatic carbocycles. The maximum atomic E-state index is 11.0. The van der Waals surface area contributed by atoms with Crippen LogP contribution >= 0.6 is 0 Å². The first-order valence-electron chi connectivity index (χ1n) is 3.82. The molecule has 2 heterocycles. The van der Waals surface area contributed by atoms with E-state index in [1.807, 2.05) is 0 Å². The van der Waals surface area contributed by atoms with Gasteiger partial charge in [0, 0.05) is 18.3 Å². The summed E-state index contributed by atoms with van der Waals surface area (Å²) in [6.45, 7) is 0. The second kappa shape index (κ2) is 3.29. The second-order valence-electron chi connectivity index (χ2n) is 2.48. The number of aromatic nitrogens is 1. The third-order valence-electron chi connectivity index (χ3n) is 1.50. The fourth-order valence-electron chi connectivity index (χ4n) is 0.938. The topological polar surface area (TPSA) is 65.5 Å². The summed E-state index contributed by atoms with van der Waals surface area (Å²) in [7, 11) is 0. The molecule has 0 radical (unpaired) electrons. The van der Waals surface area contributed by atoms with Crippen molar-refractivity contribution in [2.24, 2.45) is 0 Å². The predicted molar refractivity (Wildman–Crippen MR) is 44.6 cm³/mol. The summed E-state index contributed by atoms with van der Waals surface area (Å²) >= 11 is 0. The second-order valence-corrected chi connectivity index (χ2v) is 2.48. The Labute approximate surface area is 79.0 Å². The first-order chi connectivity index (χ1) is 6.75. The van der Waals surface area contributed by atoms with Crippen molar-refractivity contribution < 1.29 is 19.1 Å². The van der Waals surface area contributed by atoms with E-state index in [0.717, 1.165) is 12.2 Å². The van der Waals surface area contributed by atoms with E-state index < -0.39 is 11.9 Å². The molecule has 70 valence electrons. The van der Waals surface area contributed by atoms with Crippen LogP contribution in [-0.2, 0) is 9.59 Å².